The summed E-state index contributed by atoms with van der Waals surface area (Å²) < 4.78 is 75.9. The molecule has 27 nitrogen and oxygen atoms in total. The number of hydrogen-bond donors (Lipinski definition) is 11. The number of phenols is 6. The predicted molar refractivity (Wildman–Crippen MR) is 562 cm³/mol. The number of aryl methyl sites for hydroxylation is 1. The summed E-state index contributed by atoms with van der Waals surface area (Å²) in [5, 5.41) is 77.5. The average Bonchev–Trinajstić information content (AvgIpc) is 1.36. The predicted octanol–water partition coefficient (Wildman–Crippen LogP) is 17.8. The molecule has 2 fully saturated rings. The number of nitrogens with two attached hydrogens (primary N) is 3. The first-order valence-corrected chi connectivity index (χ1v) is 48.5. The maximum absolute atomic E-state index is 14.0. The molecule has 14 N–H and O–H groups in total. The molecule has 2 saturated heterocycles. The molecule has 0 saturated carbocycles. The minimum atomic E-state index is -0.545. The highest BCUT2D eigenvalue weighted by Gasteiger charge is 2.32. The van der Waals surface area contributed by atoms with Gasteiger partial charge in [0.1, 0.15) is 69.4 Å². The van der Waals surface area contributed by atoms with Gasteiger partial charge >= 0.3 is 0 Å². The number of nitrogens with zero attached hydrogens (tertiary/aromatic N) is 12. The Bertz CT molecular complexity index is 7000. The van der Waals surface area contributed by atoms with Crippen LogP contribution in [-0.4, -0.2) is 166 Å². The third kappa shape index (κ3) is 31.8. The van der Waals surface area contributed by atoms with Gasteiger partial charge in [0.2, 0.25) is 17.7 Å². The van der Waals surface area contributed by atoms with Crippen molar-refractivity contribution >= 4 is 46.3 Å². The first-order chi connectivity index (χ1) is 71.2. The molecule has 2 aliphatic rings. The molecular formula is C116H122F5N15O12. The van der Waals surface area contributed by atoms with Gasteiger partial charge in [-0.15, -0.1) is 0 Å². The fourth-order valence-electron chi connectivity index (χ4n) is 18.0. The van der Waals surface area contributed by atoms with E-state index in [1.54, 1.807) is 55.9 Å². The fourth-order valence-corrected chi connectivity index (χ4v) is 18.0. The topological polar surface area (TPSA) is 392 Å². The van der Waals surface area contributed by atoms with Gasteiger partial charge in [-0.3, -0.25) is 19.2 Å². The minimum absolute atomic E-state index is 0.00246. The molecule has 12 aromatic carbocycles. The van der Waals surface area contributed by atoms with Crippen LogP contribution in [0.5, 0.6) is 34.5 Å². The van der Waals surface area contributed by atoms with Crippen LogP contribution < -0.4 is 36.8 Å². The molecule has 3 amide bonds. The van der Waals surface area contributed by atoms with Gasteiger partial charge in [-0.2, -0.15) is 0 Å². The number of para-hydroxylation sites is 2. The summed E-state index contributed by atoms with van der Waals surface area (Å²) in [5.41, 5.74) is 33.5. The first-order valence-electron chi connectivity index (χ1n) is 48.5. The second-order valence-electron chi connectivity index (χ2n) is 36.6. The van der Waals surface area contributed by atoms with E-state index in [9.17, 15) is 82.0 Å². The number of aliphatic hydroxyl groups excluding tert-OH is 2. The summed E-state index contributed by atoms with van der Waals surface area (Å²) in [6.07, 6.45) is 9.72. The summed E-state index contributed by atoms with van der Waals surface area (Å²) in [5.74, 6) is -3.38. The van der Waals surface area contributed by atoms with E-state index in [1.807, 2.05) is 195 Å². The van der Waals surface area contributed by atoms with Crippen LogP contribution in [0.15, 0.2) is 316 Å². The Kier molecular flexibility index (Phi) is 38.5. The maximum Gasteiger partial charge on any atom is 0.223 e. The number of aliphatic hydroxyl groups is 2. The number of aromatic nitrogens is 8. The van der Waals surface area contributed by atoms with Crippen LogP contribution in [0.25, 0.3) is 22.5 Å². The molecular weight excluding hydrogens is 1890 g/mol. The van der Waals surface area contributed by atoms with E-state index in [0.717, 1.165) is 123 Å². The molecule has 16 aromatic rings. The Morgan fingerprint density at radius 1 is 0.365 bits per heavy atom. The van der Waals surface area contributed by atoms with E-state index in [-0.39, 0.29) is 102 Å². The third-order valence-electron chi connectivity index (χ3n) is 24.9. The Morgan fingerprint density at radius 2 is 0.730 bits per heavy atom. The van der Waals surface area contributed by atoms with Crippen LogP contribution in [-0.2, 0) is 83.9 Å². The summed E-state index contributed by atoms with van der Waals surface area (Å²) >= 11 is 0. The highest BCUT2D eigenvalue weighted by molar-refractivity contribution is 5.78. The second-order valence-corrected chi connectivity index (χ2v) is 36.6. The number of benzene rings is 12. The standard InChI is InChI=1S/C20H19FN2O2.C20H25N3O2.C19H18FN3O2.C19H22FN3O2.2C19H19FN2O2/c1-14(24)7-20-19(10-15-5-3-2-4-6-15)22-13-23(20)12-16-8-17(21)11-18(25)9-16;1-15-7-9-18(24)13-19(15)23-12-11-22(16-5-3-2-4-6-16)14-17(23)8-10-20(21)25;20-16-7-6-15(24)9-14(16)11-23-12-22-17(18(23)10-19(21)25)8-13-4-2-1-3-5-13;20-14-10-17(12-18(24)11-14)23-9-8-22(15-4-2-1-3-5-15)13-16(23)6-7-19(21)25;1-13(23)7-18-19(15-5-3-2-4-6-15)21-12-22(18)11-14-8-16(20)10-17(24)9-14;1-13(23)9-18-19(14-5-3-2-4-6-14)21-12-22(18)11-15-10-16(24)7-8-17(15)20/h2-6,8-9,11,13,25H,7,10,12H2,1H3;2-7,9,13,17,24H,8,10-12,14H2,1H3,(H2,21,25);1-7,9,12,24H,8,10-11H2,(H2,21,25);1-5,10-12,16,24H,6-9,13H2,(H2,21,25);2-6,8-10,12-13,23-24H,7,11H2,1H3;2-8,10,12-13,23-24H,9,11H2,1H3. The molecule has 0 aliphatic carbocycles. The maximum atomic E-state index is 14.0. The van der Waals surface area contributed by atoms with Gasteiger partial charge in [-0.1, -0.05) is 164 Å². The molecule has 4 unspecified atom stereocenters. The van der Waals surface area contributed by atoms with Crippen molar-refractivity contribution in [2.45, 2.75) is 142 Å². The van der Waals surface area contributed by atoms with Crippen molar-refractivity contribution in [3.63, 3.8) is 0 Å². The van der Waals surface area contributed by atoms with Gasteiger partial charge in [0.15, 0.2) is 0 Å². The Hall–Kier alpha value is -16.9. The van der Waals surface area contributed by atoms with Crippen molar-refractivity contribution in [1.82, 2.24) is 38.2 Å². The van der Waals surface area contributed by atoms with Crippen LogP contribution in [0.2, 0.25) is 0 Å². The number of phenolic OH excluding ortho intramolecular Hbond substituents is 6. The van der Waals surface area contributed by atoms with Crippen LogP contribution in [0.3, 0.4) is 0 Å². The van der Waals surface area contributed by atoms with Crippen LogP contribution >= 0.6 is 0 Å². The number of primary amides is 3. The molecule has 768 valence electrons. The summed E-state index contributed by atoms with van der Waals surface area (Å²) in [4.78, 5) is 72.4. The number of carbonyl (C=O) groups is 4. The number of ketones is 1. The zero-order valence-corrected chi connectivity index (χ0v) is 82.7. The van der Waals surface area contributed by atoms with Crippen molar-refractivity contribution < 1.29 is 82.0 Å². The molecule has 2 aliphatic heterocycles. The van der Waals surface area contributed by atoms with Gasteiger partial charge in [0.05, 0.1) is 85.5 Å². The number of rotatable bonds is 32. The number of imidazole rings is 4. The van der Waals surface area contributed by atoms with Gasteiger partial charge in [-0.25, -0.2) is 41.9 Å². The largest absolute Gasteiger partial charge is 0.508 e. The smallest absolute Gasteiger partial charge is 0.223 e. The molecule has 0 bridgehead atoms. The molecule has 0 spiro atoms. The van der Waals surface area contributed by atoms with E-state index in [4.69, 9.17) is 17.2 Å². The number of aromatic hydroxyl groups is 6. The Morgan fingerprint density at radius 3 is 1.14 bits per heavy atom. The molecule has 32 heteroatoms. The minimum Gasteiger partial charge on any atom is -0.508 e. The lowest BCUT2D eigenvalue weighted by atomic mass is 10.0. The lowest BCUT2D eigenvalue weighted by Crippen LogP contribution is -2.54. The summed E-state index contributed by atoms with van der Waals surface area (Å²) in [7, 11) is 0. The van der Waals surface area contributed by atoms with Crippen LogP contribution in [0, 0.1) is 36.0 Å². The van der Waals surface area contributed by atoms with Crippen molar-refractivity contribution in [3.05, 3.63) is 419 Å². The molecule has 148 heavy (non-hydrogen) atoms. The fraction of sp³-hybridized carbons (Fsp3) is 0.241. The monoisotopic (exact) mass is 2010 g/mol. The van der Waals surface area contributed by atoms with Crippen molar-refractivity contribution in [3.8, 4) is 57.0 Å². The lowest BCUT2D eigenvalue weighted by Gasteiger charge is -2.44. The molecule has 18 rings (SSSR count). The molecule has 0 radical (unpaired) electrons. The average molecular weight is 2010 g/mol. The summed E-state index contributed by atoms with van der Waals surface area (Å²) in [6.45, 7) is 12.8. The first kappa shape index (κ1) is 108. The van der Waals surface area contributed by atoms with Gasteiger partial charge < -0.3 is 95.9 Å². The number of carbonyl (C=O) groups excluding carboxylic acids is 4. The number of hydrogen-bond acceptors (Lipinski definition) is 20. The van der Waals surface area contributed by atoms with Gasteiger partial charge in [0, 0.05) is 202 Å². The molecule has 6 heterocycles. The lowest BCUT2D eigenvalue weighted by molar-refractivity contribution is -0.119. The zero-order chi connectivity index (χ0) is 105. The second kappa shape index (κ2) is 52.6. The normalized spacial score (nSPS) is 13.6. The quantitative estimate of drug-likeness (QED) is 0.0174. The van der Waals surface area contributed by atoms with Crippen LogP contribution in [0.4, 0.5) is 44.7 Å². The molecule has 4 aromatic heterocycles. The number of amides is 3. The van der Waals surface area contributed by atoms with Crippen molar-refractivity contribution in [2.75, 3.05) is 58.9 Å². The summed E-state index contributed by atoms with van der Waals surface area (Å²) in [6, 6.07) is 84.9. The van der Waals surface area contributed by atoms with Crippen molar-refractivity contribution in [2.24, 2.45) is 17.2 Å². The molecule has 4 atom stereocenters. The van der Waals surface area contributed by atoms with Gasteiger partial charge in [0.25, 0.3) is 0 Å². The van der Waals surface area contributed by atoms with Crippen LogP contribution in [0.1, 0.15) is 120 Å². The highest BCUT2D eigenvalue weighted by atomic mass is 19.1. The van der Waals surface area contributed by atoms with E-state index in [2.05, 4.69) is 58.9 Å². The Balaban J connectivity index is 0.000000148. The van der Waals surface area contributed by atoms with E-state index >= 15 is 0 Å². The van der Waals surface area contributed by atoms with Crippen molar-refractivity contribution in [1.29, 1.82) is 0 Å². The van der Waals surface area contributed by atoms with E-state index < -0.39 is 41.4 Å². The Labute approximate surface area is 855 Å². The van der Waals surface area contributed by atoms with E-state index in [0.29, 0.717) is 105 Å². The third-order valence-corrected chi connectivity index (χ3v) is 24.9. The van der Waals surface area contributed by atoms with Gasteiger partial charge in [-0.05, 0) is 165 Å². The number of anilines is 4. The zero-order valence-electron chi connectivity index (χ0n) is 82.7. The number of piperazine rings is 2. The number of Topliss-reactive ketones (excluding diaryl/α,β-unsaturated/α-hetero) is 1. The SMILES string of the molecule is CC(=O)Cc1c(Cc2ccccc2)ncn1Cc1cc(O)cc(F)c1.CC(O)Cc1c(-c2ccccc2)ncn1Cc1cc(O)cc(F)c1.CC(O)Cc1c(-c2ccccc2)ncn1Cc1cc(O)ccc1F.Cc1ccc(O)cc1N1CCN(c2ccccc2)CC1CCC(N)=O.NC(=O)CCC1CN(c2ccccc2)CCN1c1cc(O)cc(F)c1.NC(=O)Cc1c(Cc2ccccc2)ncn1Cc1cc(O)ccc1F. The van der Waals surface area contributed by atoms with E-state index in [1.165, 1.54) is 79.3 Å². The highest BCUT2D eigenvalue weighted by Crippen LogP contribution is 2.36. The number of halogens is 5.